The average molecular weight is 171 g/mol. The van der Waals surface area contributed by atoms with Crippen molar-refractivity contribution in [1.82, 2.24) is 0 Å². The van der Waals surface area contributed by atoms with Gasteiger partial charge in [0, 0.05) is 11.0 Å². The van der Waals surface area contributed by atoms with E-state index in [0.717, 1.165) is 5.92 Å². The summed E-state index contributed by atoms with van der Waals surface area (Å²) in [5.74, 6) is 0.736. The van der Waals surface area contributed by atoms with Gasteiger partial charge in [0.1, 0.15) is 0 Å². The fraction of sp³-hybridized carbons (Fsp3) is 0.889. The Morgan fingerprint density at radius 3 is 2.64 bits per heavy atom. The van der Waals surface area contributed by atoms with Gasteiger partial charge in [-0.25, -0.2) is 0 Å². The van der Waals surface area contributed by atoms with Gasteiger partial charge in [0.2, 0.25) is 0 Å². The molecule has 1 rings (SSSR count). The highest BCUT2D eigenvalue weighted by Crippen LogP contribution is 2.33. The van der Waals surface area contributed by atoms with Crippen molar-refractivity contribution >= 4 is 17.5 Å². The number of thioether (sulfide) groups is 1. The van der Waals surface area contributed by atoms with Gasteiger partial charge in [-0.1, -0.05) is 20.3 Å². The van der Waals surface area contributed by atoms with Gasteiger partial charge in [-0.15, -0.1) is 11.8 Å². The monoisotopic (exact) mass is 171 g/mol. The van der Waals surface area contributed by atoms with Gasteiger partial charge in [0.05, 0.1) is 5.37 Å². The van der Waals surface area contributed by atoms with E-state index in [-0.39, 0.29) is 0 Å². The maximum absolute atomic E-state index is 4.62. The van der Waals surface area contributed by atoms with Crippen molar-refractivity contribution in [3.63, 3.8) is 0 Å². The Balaban J connectivity index is 2.53. The average Bonchev–Trinajstić information content (AvgIpc) is 2.31. The minimum Gasteiger partial charge on any atom is -0.279 e. The standard InChI is InChI=1S/C9H17NS/c1-5-6(2)9-10-7(3)8(4)11-9/h6,8-9H,5H2,1-4H3/t6-,8+,9+/m0/s1. The van der Waals surface area contributed by atoms with Crippen molar-refractivity contribution in [3.05, 3.63) is 0 Å². The van der Waals surface area contributed by atoms with Crippen molar-refractivity contribution in [1.29, 1.82) is 0 Å². The molecular formula is C9H17NS. The smallest absolute Gasteiger partial charge is 0.0982 e. The first kappa shape index (κ1) is 9.11. The van der Waals surface area contributed by atoms with Crippen LogP contribution in [0.1, 0.15) is 34.1 Å². The first-order valence-corrected chi connectivity index (χ1v) is 5.29. The lowest BCUT2D eigenvalue weighted by Gasteiger charge is -2.13. The zero-order chi connectivity index (χ0) is 8.43. The summed E-state index contributed by atoms with van der Waals surface area (Å²) >= 11 is 2.00. The van der Waals surface area contributed by atoms with Crippen molar-refractivity contribution in [2.45, 2.75) is 44.7 Å². The lowest BCUT2D eigenvalue weighted by Crippen LogP contribution is -2.08. The van der Waals surface area contributed by atoms with E-state index < -0.39 is 0 Å². The van der Waals surface area contributed by atoms with Crippen LogP contribution in [0.5, 0.6) is 0 Å². The van der Waals surface area contributed by atoms with Crippen molar-refractivity contribution in [2.24, 2.45) is 10.9 Å². The zero-order valence-corrected chi connectivity index (χ0v) is 8.61. The summed E-state index contributed by atoms with van der Waals surface area (Å²) in [6.07, 6.45) is 1.24. The third-order valence-electron chi connectivity index (χ3n) is 2.39. The largest absolute Gasteiger partial charge is 0.279 e. The Labute approximate surface area is 73.7 Å². The molecule has 0 amide bonds. The minimum atomic E-state index is 0.537. The molecule has 2 heteroatoms. The molecule has 1 nitrogen and oxygen atoms in total. The van der Waals surface area contributed by atoms with Gasteiger partial charge < -0.3 is 0 Å². The molecule has 1 heterocycles. The summed E-state index contributed by atoms with van der Waals surface area (Å²) in [4.78, 5) is 4.62. The number of rotatable bonds is 2. The number of aliphatic imine (C=N–C) groups is 1. The summed E-state index contributed by atoms with van der Waals surface area (Å²) < 4.78 is 0. The van der Waals surface area contributed by atoms with Crippen LogP contribution in [0.25, 0.3) is 0 Å². The van der Waals surface area contributed by atoms with E-state index in [1.807, 2.05) is 11.8 Å². The number of hydrogen-bond donors (Lipinski definition) is 0. The molecule has 0 bridgehead atoms. The molecule has 0 radical (unpaired) electrons. The summed E-state index contributed by atoms with van der Waals surface area (Å²) in [6, 6.07) is 0. The topological polar surface area (TPSA) is 12.4 Å². The SMILES string of the molecule is CC[C@H](C)[C@@H]1N=C(C)[C@@H](C)S1. The van der Waals surface area contributed by atoms with Crippen LogP contribution in [0.15, 0.2) is 4.99 Å². The van der Waals surface area contributed by atoms with E-state index in [1.54, 1.807) is 0 Å². The Hall–Kier alpha value is 0.0200. The number of hydrogen-bond acceptors (Lipinski definition) is 2. The molecule has 0 N–H and O–H groups in total. The highest BCUT2D eigenvalue weighted by molar-refractivity contribution is 8.01. The molecule has 0 saturated heterocycles. The third-order valence-corrected chi connectivity index (χ3v) is 3.99. The fourth-order valence-electron chi connectivity index (χ4n) is 1.11. The summed E-state index contributed by atoms with van der Waals surface area (Å²) in [5.41, 5.74) is 1.32. The molecule has 64 valence electrons. The van der Waals surface area contributed by atoms with Crippen molar-refractivity contribution in [3.8, 4) is 0 Å². The third kappa shape index (κ3) is 1.98. The first-order valence-electron chi connectivity index (χ1n) is 4.35. The predicted molar refractivity (Wildman–Crippen MR) is 53.4 cm³/mol. The molecule has 3 atom stereocenters. The molecule has 1 aliphatic heterocycles. The lowest BCUT2D eigenvalue weighted by atomic mass is 10.1. The molecule has 0 aliphatic carbocycles. The van der Waals surface area contributed by atoms with Gasteiger partial charge in [-0.05, 0) is 19.8 Å². The maximum Gasteiger partial charge on any atom is 0.0982 e. The molecule has 0 aromatic heterocycles. The normalized spacial score (nSPS) is 33.6. The van der Waals surface area contributed by atoms with Crippen LogP contribution >= 0.6 is 11.8 Å². The Bertz CT molecular complexity index is 165. The Morgan fingerprint density at radius 2 is 2.27 bits per heavy atom. The molecule has 0 aromatic rings. The molecule has 0 unspecified atom stereocenters. The van der Waals surface area contributed by atoms with Crippen LogP contribution in [0.2, 0.25) is 0 Å². The molecule has 0 spiro atoms. The summed E-state index contributed by atoms with van der Waals surface area (Å²) in [6.45, 7) is 8.90. The van der Waals surface area contributed by atoms with Gasteiger partial charge in [-0.2, -0.15) is 0 Å². The second-order valence-electron chi connectivity index (χ2n) is 3.32. The highest BCUT2D eigenvalue weighted by atomic mass is 32.2. The highest BCUT2D eigenvalue weighted by Gasteiger charge is 2.25. The van der Waals surface area contributed by atoms with Crippen molar-refractivity contribution in [2.75, 3.05) is 0 Å². The molecule has 0 aromatic carbocycles. The Kier molecular flexibility index (Phi) is 2.99. The minimum absolute atomic E-state index is 0.537. The molecule has 0 saturated carbocycles. The summed E-state index contributed by atoms with van der Waals surface area (Å²) in [5, 5.41) is 1.18. The summed E-state index contributed by atoms with van der Waals surface area (Å²) in [7, 11) is 0. The van der Waals surface area contributed by atoms with Crippen LogP contribution in [0.3, 0.4) is 0 Å². The van der Waals surface area contributed by atoms with Crippen LogP contribution in [0, 0.1) is 5.92 Å². The van der Waals surface area contributed by atoms with Crippen molar-refractivity contribution < 1.29 is 0 Å². The predicted octanol–water partition coefficient (Wildman–Crippen LogP) is 2.95. The molecule has 1 aliphatic rings. The maximum atomic E-state index is 4.62. The first-order chi connectivity index (χ1) is 5.15. The van der Waals surface area contributed by atoms with E-state index in [0.29, 0.717) is 10.6 Å². The van der Waals surface area contributed by atoms with Gasteiger partial charge in [0.25, 0.3) is 0 Å². The van der Waals surface area contributed by atoms with Crippen LogP contribution < -0.4 is 0 Å². The van der Waals surface area contributed by atoms with E-state index in [4.69, 9.17) is 0 Å². The second-order valence-corrected chi connectivity index (χ2v) is 4.79. The van der Waals surface area contributed by atoms with Crippen LogP contribution in [0.4, 0.5) is 0 Å². The number of nitrogens with zero attached hydrogens (tertiary/aromatic N) is 1. The van der Waals surface area contributed by atoms with Crippen LogP contribution in [-0.2, 0) is 0 Å². The van der Waals surface area contributed by atoms with Gasteiger partial charge >= 0.3 is 0 Å². The lowest BCUT2D eigenvalue weighted by molar-refractivity contribution is 0.549. The molecule has 0 fully saturated rings. The molecular weight excluding hydrogens is 154 g/mol. The van der Waals surface area contributed by atoms with E-state index in [9.17, 15) is 0 Å². The molecule has 11 heavy (non-hydrogen) atoms. The van der Waals surface area contributed by atoms with Crippen LogP contribution in [-0.4, -0.2) is 16.3 Å². The Morgan fingerprint density at radius 1 is 1.64 bits per heavy atom. The quantitative estimate of drug-likeness (QED) is 0.622. The van der Waals surface area contributed by atoms with E-state index in [2.05, 4.69) is 32.7 Å². The second kappa shape index (κ2) is 3.61. The zero-order valence-electron chi connectivity index (χ0n) is 7.79. The fourth-order valence-corrected chi connectivity index (χ4v) is 2.47. The van der Waals surface area contributed by atoms with Gasteiger partial charge in [-0.3, -0.25) is 4.99 Å². The van der Waals surface area contributed by atoms with E-state index in [1.165, 1.54) is 12.1 Å². The van der Waals surface area contributed by atoms with E-state index >= 15 is 0 Å². The van der Waals surface area contributed by atoms with Gasteiger partial charge in [0.15, 0.2) is 0 Å².